The molecule has 98 valence electrons. The molecule has 0 bridgehead atoms. The molecule has 0 aliphatic carbocycles. The van der Waals surface area contributed by atoms with E-state index in [0.717, 1.165) is 38.2 Å². The predicted molar refractivity (Wildman–Crippen MR) is 69.4 cm³/mol. The highest BCUT2D eigenvalue weighted by atomic mass is 16.5. The SMILES string of the molecule is COCC1CCCN(C(=O)Nc2cccnc2)C1. The molecule has 0 spiro atoms. The smallest absolute Gasteiger partial charge is 0.321 e. The number of hydrogen-bond acceptors (Lipinski definition) is 3. The molecular weight excluding hydrogens is 230 g/mol. The van der Waals surface area contributed by atoms with Gasteiger partial charge in [-0.2, -0.15) is 0 Å². The van der Waals surface area contributed by atoms with Crippen LogP contribution < -0.4 is 5.32 Å². The molecule has 2 rings (SSSR count). The molecule has 1 unspecified atom stereocenters. The van der Waals surface area contributed by atoms with Gasteiger partial charge in [0.2, 0.25) is 0 Å². The van der Waals surface area contributed by atoms with Crippen LogP contribution in [0.1, 0.15) is 12.8 Å². The number of amides is 2. The molecule has 2 heterocycles. The lowest BCUT2D eigenvalue weighted by atomic mass is 9.99. The van der Waals surface area contributed by atoms with Gasteiger partial charge in [-0.05, 0) is 25.0 Å². The lowest BCUT2D eigenvalue weighted by Gasteiger charge is -2.32. The normalized spacial score (nSPS) is 19.6. The van der Waals surface area contributed by atoms with Gasteiger partial charge in [0, 0.05) is 32.3 Å². The topological polar surface area (TPSA) is 54.5 Å². The molecular formula is C13H19N3O2. The van der Waals surface area contributed by atoms with Gasteiger partial charge in [-0.15, -0.1) is 0 Å². The van der Waals surface area contributed by atoms with Gasteiger partial charge in [-0.3, -0.25) is 4.98 Å². The Hall–Kier alpha value is -1.62. The van der Waals surface area contributed by atoms with Gasteiger partial charge < -0.3 is 15.0 Å². The molecule has 1 aliphatic rings. The van der Waals surface area contributed by atoms with Crippen molar-refractivity contribution in [2.75, 3.05) is 32.1 Å². The molecule has 1 aromatic heterocycles. The summed E-state index contributed by atoms with van der Waals surface area (Å²) in [5.41, 5.74) is 0.733. The Labute approximate surface area is 107 Å². The molecule has 0 aromatic carbocycles. The van der Waals surface area contributed by atoms with Gasteiger partial charge in [0.25, 0.3) is 0 Å². The number of carbonyl (C=O) groups excluding carboxylic acids is 1. The molecule has 5 nitrogen and oxygen atoms in total. The average Bonchev–Trinajstić information content (AvgIpc) is 2.40. The molecule has 1 N–H and O–H groups in total. The van der Waals surface area contributed by atoms with Crippen LogP contribution in [0.3, 0.4) is 0 Å². The van der Waals surface area contributed by atoms with Gasteiger partial charge in [0.1, 0.15) is 0 Å². The number of aromatic nitrogens is 1. The van der Waals surface area contributed by atoms with Crippen molar-refractivity contribution < 1.29 is 9.53 Å². The van der Waals surface area contributed by atoms with Crippen LogP contribution in [-0.2, 0) is 4.74 Å². The van der Waals surface area contributed by atoms with Crippen molar-refractivity contribution in [1.29, 1.82) is 0 Å². The van der Waals surface area contributed by atoms with Crippen molar-refractivity contribution in [2.45, 2.75) is 12.8 Å². The van der Waals surface area contributed by atoms with E-state index in [0.29, 0.717) is 5.92 Å². The van der Waals surface area contributed by atoms with Crippen molar-refractivity contribution >= 4 is 11.7 Å². The first kappa shape index (κ1) is 12.8. The third kappa shape index (κ3) is 3.43. The van der Waals surface area contributed by atoms with E-state index in [1.807, 2.05) is 11.0 Å². The monoisotopic (exact) mass is 249 g/mol. The Morgan fingerprint density at radius 3 is 3.28 bits per heavy atom. The molecule has 1 fully saturated rings. The van der Waals surface area contributed by atoms with E-state index >= 15 is 0 Å². The third-order valence-corrected chi connectivity index (χ3v) is 3.12. The molecule has 1 aromatic rings. The number of nitrogens with one attached hydrogen (secondary N) is 1. The maximum absolute atomic E-state index is 12.1. The Kier molecular flexibility index (Phi) is 4.52. The zero-order valence-corrected chi connectivity index (χ0v) is 10.6. The van der Waals surface area contributed by atoms with Crippen LogP contribution in [0.25, 0.3) is 0 Å². The second-order valence-corrected chi connectivity index (χ2v) is 4.58. The highest BCUT2D eigenvalue weighted by Gasteiger charge is 2.23. The van der Waals surface area contributed by atoms with Gasteiger partial charge in [0.15, 0.2) is 0 Å². The number of ether oxygens (including phenoxy) is 1. The summed E-state index contributed by atoms with van der Waals surface area (Å²) in [4.78, 5) is 17.9. The van der Waals surface area contributed by atoms with Crippen LogP contribution in [0.2, 0.25) is 0 Å². The number of anilines is 1. The Balaban J connectivity index is 1.88. The van der Waals surface area contributed by atoms with E-state index in [2.05, 4.69) is 10.3 Å². The fraction of sp³-hybridized carbons (Fsp3) is 0.538. The van der Waals surface area contributed by atoms with Crippen LogP contribution in [0.4, 0.5) is 10.5 Å². The minimum absolute atomic E-state index is 0.0520. The number of carbonyl (C=O) groups is 1. The van der Waals surface area contributed by atoms with Crippen molar-refractivity contribution in [3.63, 3.8) is 0 Å². The van der Waals surface area contributed by atoms with E-state index in [4.69, 9.17) is 4.74 Å². The molecule has 1 atom stereocenters. The predicted octanol–water partition coefficient (Wildman–Crippen LogP) is 1.97. The minimum atomic E-state index is -0.0520. The maximum Gasteiger partial charge on any atom is 0.321 e. The van der Waals surface area contributed by atoms with E-state index in [1.54, 1.807) is 25.6 Å². The summed E-state index contributed by atoms with van der Waals surface area (Å²) in [6.45, 7) is 2.29. The standard InChI is InChI=1S/C13H19N3O2/c1-18-10-11-4-3-7-16(9-11)13(17)15-12-5-2-6-14-8-12/h2,5-6,8,11H,3-4,7,9-10H2,1H3,(H,15,17). The molecule has 2 amide bonds. The molecule has 18 heavy (non-hydrogen) atoms. The molecule has 1 aliphatic heterocycles. The highest BCUT2D eigenvalue weighted by Crippen LogP contribution is 2.17. The van der Waals surface area contributed by atoms with Crippen LogP contribution in [0.15, 0.2) is 24.5 Å². The molecule has 0 saturated carbocycles. The van der Waals surface area contributed by atoms with Crippen molar-refractivity contribution in [2.24, 2.45) is 5.92 Å². The lowest BCUT2D eigenvalue weighted by molar-refractivity contribution is 0.104. The zero-order valence-electron chi connectivity index (χ0n) is 10.6. The van der Waals surface area contributed by atoms with Crippen LogP contribution in [0.5, 0.6) is 0 Å². The fourth-order valence-electron chi connectivity index (χ4n) is 2.26. The molecule has 0 radical (unpaired) electrons. The summed E-state index contributed by atoms with van der Waals surface area (Å²) in [5, 5.41) is 2.86. The van der Waals surface area contributed by atoms with Crippen molar-refractivity contribution in [3.05, 3.63) is 24.5 Å². The van der Waals surface area contributed by atoms with Gasteiger partial charge in [-0.25, -0.2) is 4.79 Å². The van der Waals surface area contributed by atoms with Crippen molar-refractivity contribution in [1.82, 2.24) is 9.88 Å². The molecule has 1 saturated heterocycles. The van der Waals surface area contributed by atoms with Crippen molar-refractivity contribution in [3.8, 4) is 0 Å². The minimum Gasteiger partial charge on any atom is -0.384 e. The Morgan fingerprint density at radius 1 is 1.67 bits per heavy atom. The van der Waals surface area contributed by atoms with E-state index in [-0.39, 0.29) is 6.03 Å². The van der Waals surface area contributed by atoms with Crippen LogP contribution in [0, 0.1) is 5.92 Å². The number of pyridine rings is 1. The molecule has 5 heteroatoms. The number of hydrogen-bond donors (Lipinski definition) is 1. The van der Waals surface area contributed by atoms with E-state index in [1.165, 1.54) is 0 Å². The summed E-state index contributed by atoms with van der Waals surface area (Å²) >= 11 is 0. The van der Waals surface area contributed by atoms with E-state index < -0.39 is 0 Å². The third-order valence-electron chi connectivity index (χ3n) is 3.12. The number of likely N-dealkylation sites (tertiary alicyclic amines) is 1. The Morgan fingerprint density at radius 2 is 2.56 bits per heavy atom. The van der Waals surface area contributed by atoms with Gasteiger partial charge in [-0.1, -0.05) is 0 Å². The zero-order chi connectivity index (χ0) is 12.8. The summed E-state index contributed by atoms with van der Waals surface area (Å²) < 4.78 is 5.16. The lowest BCUT2D eigenvalue weighted by Crippen LogP contribution is -2.43. The first-order valence-electron chi connectivity index (χ1n) is 6.24. The summed E-state index contributed by atoms with van der Waals surface area (Å²) in [5.74, 6) is 0.448. The maximum atomic E-state index is 12.1. The number of methoxy groups -OCH3 is 1. The van der Waals surface area contributed by atoms with Crippen LogP contribution in [-0.4, -0.2) is 42.7 Å². The summed E-state index contributed by atoms with van der Waals surface area (Å²) in [6, 6.07) is 3.59. The number of piperidine rings is 1. The van der Waals surface area contributed by atoms with Gasteiger partial charge in [0.05, 0.1) is 18.5 Å². The van der Waals surface area contributed by atoms with Crippen LogP contribution >= 0.6 is 0 Å². The van der Waals surface area contributed by atoms with Gasteiger partial charge >= 0.3 is 6.03 Å². The number of urea groups is 1. The quantitative estimate of drug-likeness (QED) is 0.891. The largest absolute Gasteiger partial charge is 0.384 e. The highest BCUT2D eigenvalue weighted by molar-refractivity contribution is 5.89. The van der Waals surface area contributed by atoms with E-state index in [9.17, 15) is 4.79 Å². The Bertz CT molecular complexity index is 381. The summed E-state index contributed by atoms with van der Waals surface area (Å²) in [7, 11) is 1.70. The second kappa shape index (κ2) is 6.35. The number of nitrogens with zero attached hydrogens (tertiary/aromatic N) is 2. The second-order valence-electron chi connectivity index (χ2n) is 4.58. The number of rotatable bonds is 3. The fourth-order valence-corrected chi connectivity index (χ4v) is 2.26. The summed E-state index contributed by atoms with van der Waals surface area (Å²) in [6.07, 6.45) is 5.50. The average molecular weight is 249 g/mol. The first-order valence-corrected chi connectivity index (χ1v) is 6.24. The first-order chi connectivity index (χ1) is 8.79.